The van der Waals surface area contributed by atoms with Crippen LogP contribution in [0.1, 0.15) is 45.1 Å². The Labute approximate surface area is 144 Å². The van der Waals surface area contributed by atoms with Gasteiger partial charge in [-0.1, -0.05) is 12.1 Å². The fraction of sp³-hybridized carbons (Fsp3) is 0.579. The molecule has 2 atom stereocenters. The maximum absolute atomic E-state index is 12.0. The highest BCUT2D eigenvalue weighted by molar-refractivity contribution is 5.88. The molecule has 0 spiro atoms. The third-order valence-corrected chi connectivity index (χ3v) is 4.72. The number of nitrogens with one attached hydrogen (secondary N) is 3. The fourth-order valence-electron chi connectivity index (χ4n) is 3.32. The highest BCUT2D eigenvalue weighted by atomic mass is 16.2. The van der Waals surface area contributed by atoms with Gasteiger partial charge >= 0.3 is 0 Å². The number of rotatable bonds is 7. The monoisotopic (exact) mass is 332 g/mol. The molecule has 5 heteroatoms. The highest BCUT2D eigenvalue weighted by Gasteiger charge is 2.20. The van der Waals surface area contributed by atoms with Crippen molar-refractivity contribution < 1.29 is 14.5 Å². The smallest absolute Gasteiger partial charge is 0.224 e. The van der Waals surface area contributed by atoms with Crippen molar-refractivity contribution in [3.8, 4) is 0 Å². The molecular weight excluding hydrogens is 302 g/mol. The summed E-state index contributed by atoms with van der Waals surface area (Å²) < 4.78 is 0. The zero-order valence-corrected chi connectivity index (χ0v) is 14.9. The number of carbonyl (C=O) groups excluding carboxylic acids is 2. The number of benzene rings is 1. The third-order valence-electron chi connectivity index (χ3n) is 4.72. The second-order valence-corrected chi connectivity index (χ2v) is 6.81. The van der Waals surface area contributed by atoms with E-state index in [-0.39, 0.29) is 11.8 Å². The summed E-state index contributed by atoms with van der Waals surface area (Å²) in [5, 5.41) is 5.73. The molecule has 2 amide bonds. The van der Waals surface area contributed by atoms with E-state index in [0.29, 0.717) is 6.42 Å². The lowest BCUT2D eigenvalue weighted by molar-refractivity contribution is -0.928. The van der Waals surface area contributed by atoms with Crippen LogP contribution in [0.5, 0.6) is 0 Å². The number of carbonyl (C=O) groups is 2. The van der Waals surface area contributed by atoms with Crippen molar-refractivity contribution in [3.05, 3.63) is 29.8 Å². The summed E-state index contributed by atoms with van der Waals surface area (Å²) in [6, 6.07) is 8.17. The van der Waals surface area contributed by atoms with Gasteiger partial charge in [0.1, 0.15) is 0 Å². The van der Waals surface area contributed by atoms with Crippen molar-refractivity contribution in [2.75, 3.05) is 25.0 Å². The molecule has 1 fully saturated rings. The maximum Gasteiger partial charge on any atom is 0.224 e. The molecule has 132 valence electrons. The standard InChI is InChI=1S/C19H29N3O2/c1-15-6-3-4-12-22(15)13-5-11-20-19(24)14-17-7-9-18(10-8-17)21-16(2)23/h7-10,15H,3-6,11-14H2,1-2H3,(H,20,24)(H,21,23)/p+1/t15-/m1/s1. The van der Waals surface area contributed by atoms with Crippen LogP contribution in [0.4, 0.5) is 5.69 Å². The van der Waals surface area contributed by atoms with Crippen LogP contribution in [0.15, 0.2) is 24.3 Å². The molecule has 0 aromatic heterocycles. The van der Waals surface area contributed by atoms with Gasteiger partial charge in [-0.05, 0) is 43.9 Å². The average molecular weight is 332 g/mol. The van der Waals surface area contributed by atoms with E-state index in [1.54, 1.807) is 4.90 Å². The summed E-state index contributed by atoms with van der Waals surface area (Å²) in [6.45, 7) is 6.98. The van der Waals surface area contributed by atoms with Gasteiger partial charge in [0.15, 0.2) is 0 Å². The Kier molecular flexibility index (Phi) is 7.25. The van der Waals surface area contributed by atoms with Crippen molar-refractivity contribution in [2.24, 2.45) is 0 Å². The molecule has 1 aliphatic heterocycles. The predicted octanol–water partition coefficient (Wildman–Crippen LogP) is 1.15. The first kappa shape index (κ1) is 18.5. The summed E-state index contributed by atoms with van der Waals surface area (Å²) in [4.78, 5) is 24.7. The number of amides is 2. The summed E-state index contributed by atoms with van der Waals surface area (Å²) in [5.74, 6) is -0.0328. The Morgan fingerprint density at radius 2 is 1.96 bits per heavy atom. The molecule has 1 aromatic carbocycles. The lowest BCUT2D eigenvalue weighted by Gasteiger charge is -2.30. The third kappa shape index (κ3) is 6.32. The van der Waals surface area contributed by atoms with E-state index in [4.69, 9.17) is 0 Å². The molecule has 0 aliphatic carbocycles. The van der Waals surface area contributed by atoms with Crippen LogP contribution in [0.2, 0.25) is 0 Å². The van der Waals surface area contributed by atoms with Crippen molar-refractivity contribution in [3.63, 3.8) is 0 Å². The Morgan fingerprint density at radius 1 is 1.21 bits per heavy atom. The second-order valence-electron chi connectivity index (χ2n) is 6.81. The first-order valence-corrected chi connectivity index (χ1v) is 9.02. The molecule has 3 N–H and O–H groups in total. The van der Waals surface area contributed by atoms with Gasteiger partial charge in [0, 0.05) is 25.6 Å². The van der Waals surface area contributed by atoms with E-state index >= 15 is 0 Å². The summed E-state index contributed by atoms with van der Waals surface area (Å²) in [7, 11) is 0. The van der Waals surface area contributed by atoms with Crippen LogP contribution in [0.25, 0.3) is 0 Å². The van der Waals surface area contributed by atoms with Crippen molar-refractivity contribution in [1.82, 2.24) is 5.32 Å². The van der Waals surface area contributed by atoms with E-state index in [1.165, 1.54) is 32.7 Å². The molecule has 5 nitrogen and oxygen atoms in total. The molecule has 24 heavy (non-hydrogen) atoms. The van der Waals surface area contributed by atoms with Crippen LogP contribution in [0, 0.1) is 0 Å². The highest BCUT2D eigenvalue weighted by Crippen LogP contribution is 2.10. The maximum atomic E-state index is 12.0. The fourth-order valence-corrected chi connectivity index (χ4v) is 3.32. The predicted molar refractivity (Wildman–Crippen MR) is 96.1 cm³/mol. The van der Waals surface area contributed by atoms with Crippen molar-refractivity contribution in [1.29, 1.82) is 0 Å². The molecule has 0 bridgehead atoms. The SMILES string of the molecule is CC(=O)Nc1ccc(CC(=O)NCCC[NH+]2CCCC[C@H]2C)cc1. The molecule has 1 saturated heterocycles. The average Bonchev–Trinajstić information content (AvgIpc) is 2.54. The number of hydrogen-bond donors (Lipinski definition) is 3. The minimum Gasteiger partial charge on any atom is -0.356 e. The molecule has 0 radical (unpaired) electrons. The number of piperidine rings is 1. The van der Waals surface area contributed by atoms with E-state index in [0.717, 1.165) is 36.8 Å². The van der Waals surface area contributed by atoms with Gasteiger partial charge in [-0.2, -0.15) is 0 Å². The molecule has 1 aromatic rings. The lowest BCUT2D eigenvalue weighted by Crippen LogP contribution is -3.16. The Bertz CT molecular complexity index is 542. The number of quaternary nitrogens is 1. The zero-order valence-electron chi connectivity index (χ0n) is 14.9. The van der Waals surface area contributed by atoms with Gasteiger partial charge in [-0.15, -0.1) is 0 Å². The topological polar surface area (TPSA) is 62.6 Å². The molecular formula is C19H30N3O2+. The summed E-state index contributed by atoms with van der Waals surface area (Å²) in [6.07, 6.45) is 5.44. The zero-order chi connectivity index (χ0) is 17.4. The van der Waals surface area contributed by atoms with Crippen LogP contribution < -0.4 is 15.5 Å². The van der Waals surface area contributed by atoms with E-state index in [1.807, 2.05) is 24.3 Å². The minimum absolute atomic E-state index is 0.0592. The normalized spacial score (nSPS) is 20.4. The lowest BCUT2D eigenvalue weighted by atomic mass is 10.0. The molecule has 2 rings (SSSR count). The largest absolute Gasteiger partial charge is 0.356 e. The quantitative estimate of drug-likeness (QED) is 0.656. The Balaban J connectivity index is 1.65. The van der Waals surface area contributed by atoms with Crippen molar-refractivity contribution in [2.45, 2.75) is 52.0 Å². The first-order chi connectivity index (χ1) is 11.5. The number of anilines is 1. The van der Waals surface area contributed by atoms with Gasteiger partial charge < -0.3 is 15.5 Å². The van der Waals surface area contributed by atoms with Crippen LogP contribution in [-0.2, 0) is 16.0 Å². The summed E-state index contributed by atoms with van der Waals surface area (Å²) in [5.41, 5.74) is 1.71. The van der Waals surface area contributed by atoms with E-state index in [9.17, 15) is 9.59 Å². The Hall–Kier alpha value is -1.88. The van der Waals surface area contributed by atoms with Crippen LogP contribution in [0.3, 0.4) is 0 Å². The van der Waals surface area contributed by atoms with Crippen molar-refractivity contribution >= 4 is 17.5 Å². The molecule has 1 unspecified atom stereocenters. The van der Waals surface area contributed by atoms with Gasteiger partial charge in [0.2, 0.25) is 11.8 Å². The minimum atomic E-state index is -0.0920. The first-order valence-electron chi connectivity index (χ1n) is 9.02. The van der Waals surface area contributed by atoms with Crippen LogP contribution >= 0.6 is 0 Å². The van der Waals surface area contributed by atoms with Crippen LogP contribution in [-0.4, -0.2) is 37.5 Å². The molecule has 1 heterocycles. The van der Waals surface area contributed by atoms with Gasteiger partial charge in [-0.3, -0.25) is 9.59 Å². The number of hydrogen-bond acceptors (Lipinski definition) is 2. The second kappa shape index (κ2) is 9.42. The van der Waals surface area contributed by atoms with Gasteiger partial charge in [0.05, 0.1) is 25.6 Å². The van der Waals surface area contributed by atoms with E-state index in [2.05, 4.69) is 17.6 Å². The molecule has 1 aliphatic rings. The van der Waals surface area contributed by atoms with Gasteiger partial charge in [0.25, 0.3) is 0 Å². The van der Waals surface area contributed by atoms with E-state index < -0.39 is 0 Å². The number of likely N-dealkylation sites (tertiary alicyclic amines) is 1. The Morgan fingerprint density at radius 3 is 2.62 bits per heavy atom. The molecule has 0 saturated carbocycles. The summed E-state index contributed by atoms with van der Waals surface area (Å²) >= 11 is 0. The van der Waals surface area contributed by atoms with Gasteiger partial charge in [-0.25, -0.2) is 0 Å².